The summed E-state index contributed by atoms with van der Waals surface area (Å²) in [4.78, 5) is 0. The van der Waals surface area contributed by atoms with E-state index in [4.69, 9.17) is 21.1 Å². The first-order valence-electron chi connectivity index (χ1n) is 6.02. The highest BCUT2D eigenvalue weighted by Gasteiger charge is 2.33. The van der Waals surface area contributed by atoms with Crippen molar-refractivity contribution in [1.82, 2.24) is 0 Å². The first kappa shape index (κ1) is 12.7. The van der Waals surface area contributed by atoms with E-state index < -0.39 is 0 Å². The maximum absolute atomic E-state index is 6.28. The Kier molecular flexibility index (Phi) is 3.64. The largest absolute Gasteiger partial charge is 0.496 e. The van der Waals surface area contributed by atoms with Crippen molar-refractivity contribution in [1.29, 1.82) is 0 Å². The summed E-state index contributed by atoms with van der Waals surface area (Å²) in [5.74, 6) is 0.942. The average Bonchev–Trinajstić information content (AvgIpc) is 3.00. The van der Waals surface area contributed by atoms with E-state index in [1.807, 2.05) is 13.0 Å². The minimum Gasteiger partial charge on any atom is -0.496 e. The quantitative estimate of drug-likeness (QED) is 0.765. The molecule has 1 aliphatic rings. The summed E-state index contributed by atoms with van der Waals surface area (Å²) in [5.41, 5.74) is 3.42. The lowest BCUT2D eigenvalue weighted by Crippen LogP contribution is -2.01. The first-order valence-corrected chi connectivity index (χ1v) is 6.40. The van der Waals surface area contributed by atoms with Gasteiger partial charge in [-0.3, -0.25) is 0 Å². The highest BCUT2D eigenvalue weighted by molar-refractivity contribution is 6.32. The van der Waals surface area contributed by atoms with Gasteiger partial charge in [0.05, 0.1) is 19.3 Å². The number of halogens is 1. The molecule has 1 heterocycles. The molecule has 17 heavy (non-hydrogen) atoms. The lowest BCUT2D eigenvalue weighted by atomic mass is 9.98. The Morgan fingerprint density at radius 2 is 2.06 bits per heavy atom. The van der Waals surface area contributed by atoms with E-state index in [0.29, 0.717) is 12.2 Å². The summed E-state index contributed by atoms with van der Waals surface area (Å²) in [5, 5.41) is 0.852. The van der Waals surface area contributed by atoms with E-state index in [9.17, 15) is 0 Å². The van der Waals surface area contributed by atoms with Crippen molar-refractivity contribution in [2.75, 3.05) is 7.11 Å². The number of methoxy groups -OCH3 is 1. The predicted molar refractivity (Wildman–Crippen MR) is 70.1 cm³/mol. The van der Waals surface area contributed by atoms with Crippen LogP contribution in [0, 0.1) is 13.8 Å². The fraction of sp³-hybridized carbons (Fsp3) is 0.571. The number of benzene rings is 1. The van der Waals surface area contributed by atoms with Crippen molar-refractivity contribution >= 4 is 11.6 Å². The number of aryl methyl sites for hydroxylation is 1. The van der Waals surface area contributed by atoms with Crippen molar-refractivity contribution < 1.29 is 9.47 Å². The Morgan fingerprint density at radius 1 is 1.41 bits per heavy atom. The summed E-state index contributed by atoms with van der Waals surface area (Å²) in [6.45, 7) is 6.18. The lowest BCUT2D eigenvalue weighted by molar-refractivity contribution is 0.368. The van der Waals surface area contributed by atoms with Crippen LogP contribution in [-0.2, 0) is 11.2 Å². The molecule has 94 valence electrons. The van der Waals surface area contributed by atoms with Crippen LogP contribution >= 0.6 is 11.6 Å². The number of hydrogen-bond donors (Lipinski definition) is 0. The maximum atomic E-state index is 6.28. The molecule has 0 aromatic heterocycles. The Hall–Kier alpha value is -0.730. The zero-order valence-electron chi connectivity index (χ0n) is 10.8. The second kappa shape index (κ2) is 4.87. The van der Waals surface area contributed by atoms with Gasteiger partial charge in [0.2, 0.25) is 0 Å². The molecule has 0 aliphatic carbocycles. The number of epoxide rings is 1. The van der Waals surface area contributed by atoms with E-state index in [0.717, 1.165) is 34.7 Å². The van der Waals surface area contributed by atoms with Crippen LogP contribution in [0.1, 0.15) is 30.0 Å². The van der Waals surface area contributed by atoms with Crippen LogP contribution in [0.25, 0.3) is 0 Å². The average molecular weight is 255 g/mol. The molecular weight excluding hydrogens is 236 g/mol. The summed E-state index contributed by atoms with van der Waals surface area (Å²) in [6.07, 6.45) is 2.84. The molecule has 0 amide bonds. The van der Waals surface area contributed by atoms with Gasteiger partial charge < -0.3 is 9.47 Å². The van der Waals surface area contributed by atoms with Gasteiger partial charge in [0.15, 0.2) is 0 Å². The number of rotatable bonds is 4. The molecule has 0 saturated carbocycles. The van der Waals surface area contributed by atoms with E-state index in [2.05, 4.69) is 13.8 Å². The van der Waals surface area contributed by atoms with Gasteiger partial charge in [-0.1, -0.05) is 11.6 Å². The number of hydrogen-bond acceptors (Lipinski definition) is 2. The van der Waals surface area contributed by atoms with E-state index in [-0.39, 0.29) is 0 Å². The molecule has 0 spiro atoms. The van der Waals surface area contributed by atoms with Crippen molar-refractivity contribution in [3.05, 3.63) is 27.8 Å². The molecule has 2 unspecified atom stereocenters. The van der Waals surface area contributed by atoms with Crippen molar-refractivity contribution in [3.8, 4) is 5.75 Å². The summed E-state index contributed by atoms with van der Waals surface area (Å²) >= 11 is 6.28. The van der Waals surface area contributed by atoms with Gasteiger partial charge in [-0.05, 0) is 56.4 Å². The zero-order valence-corrected chi connectivity index (χ0v) is 11.6. The fourth-order valence-corrected chi connectivity index (χ4v) is 2.44. The van der Waals surface area contributed by atoms with Crippen LogP contribution in [0.4, 0.5) is 0 Å². The molecule has 3 heteroatoms. The van der Waals surface area contributed by atoms with Crippen molar-refractivity contribution in [3.63, 3.8) is 0 Å². The second-order valence-electron chi connectivity index (χ2n) is 4.73. The highest BCUT2D eigenvalue weighted by atomic mass is 35.5. The molecule has 1 aromatic carbocycles. The summed E-state index contributed by atoms with van der Waals surface area (Å²) in [7, 11) is 1.71. The van der Waals surface area contributed by atoms with Gasteiger partial charge in [-0.25, -0.2) is 0 Å². The minimum atomic E-state index is 0.416. The molecule has 1 fully saturated rings. The minimum absolute atomic E-state index is 0.416. The van der Waals surface area contributed by atoms with E-state index in [1.165, 1.54) is 5.56 Å². The van der Waals surface area contributed by atoms with Crippen molar-refractivity contribution in [2.45, 2.75) is 45.8 Å². The van der Waals surface area contributed by atoms with Gasteiger partial charge in [-0.15, -0.1) is 0 Å². The smallest absolute Gasteiger partial charge is 0.122 e. The second-order valence-corrected chi connectivity index (χ2v) is 5.11. The SMILES string of the molecule is COc1cc(C)c(Cl)c(C)c1CCC1OC1C. The van der Waals surface area contributed by atoms with Gasteiger partial charge in [0.1, 0.15) is 5.75 Å². The molecule has 0 radical (unpaired) electrons. The Bertz CT molecular complexity index is 429. The molecule has 1 saturated heterocycles. The molecule has 2 atom stereocenters. The maximum Gasteiger partial charge on any atom is 0.122 e. The molecule has 1 aromatic rings. The molecule has 2 rings (SSSR count). The van der Waals surface area contributed by atoms with E-state index in [1.54, 1.807) is 7.11 Å². The number of ether oxygens (including phenoxy) is 2. The molecule has 0 N–H and O–H groups in total. The standard InChI is InChI=1S/C14H19ClO2/c1-8-7-13(16-4)11(9(2)14(8)15)5-6-12-10(3)17-12/h7,10,12H,5-6H2,1-4H3. The third-order valence-electron chi connectivity index (χ3n) is 3.51. The van der Waals surface area contributed by atoms with Gasteiger partial charge in [0, 0.05) is 5.02 Å². The Balaban J connectivity index is 2.21. The third kappa shape index (κ3) is 2.58. The normalized spacial score (nSPS) is 22.6. The van der Waals surface area contributed by atoms with Gasteiger partial charge >= 0.3 is 0 Å². The predicted octanol–water partition coefficient (Wildman–Crippen LogP) is 3.69. The first-order chi connectivity index (χ1) is 8.04. The zero-order chi connectivity index (χ0) is 12.6. The van der Waals surface area contributed by atoms with Crippen LogP contribution in [0.5, 0.6) is 5.75 Å². The summed E-state index contributed by atoms with van der Waals surface area (Å²) in [6, 6.07) is 2.02. The lowest BCUT2D eigenvalue weighted by Gasteiger charge is -2.14. The monoisotopic (exact) mass is 254 g/mol. The van der Waals surface area contributed by atoms with Gasteiger partial charge in [0.25, 0.3) is 0 Å². The van der Waals surface area contributed by atoms with Crippen LogP contribution in [0.2, 0.25) is 5.02 Å². The third-order valence-corrected chi connectivity index (χ3v) is 4.09. The fourth-order valence-electron chi connectivity index (χ4n) is 2.27. The van der Waals surface area contributed by atoms with Crippen LogP contribution in [0.15, 0.2) is 6.07 Å². The Labute approximate surface area is 108 Å². The van der Waals surface area contributed by atoms with Gasteiger partial charge in [-0.2, -0.15) is 0 Å². The highest BCUT2D eigenvalue weighted by Crippen LogP contribution is 2.34. The molecule has 0 bridgehead atoms. The molecule has 1 aliphatic heterocycles. The van der Waals surface area contributed by atoms with Crippen LogP contribution in [0.3, 0.4) is 0 Å². The molecule has 2 nitrogen and oxygen atoms in total. The topological polar surface area (TPSA) is 21.8 Å². The van der Waals surface area contributed by atoms with Crippen LogP contribution < -0.4 is 4.74 Å². The molecular formula is C14H19ClO2. The van der Waals surface area contributed by atoms with E-state index >= 15 is 0 Å². The van der Waals surface area contributed by atoms with Crippen molar-refractivity contribution in [2.24, 2.45) is 0 Å². The van der Waals surface area contributed by atoms with Crippen LogP contribution in [-0.4, -0.2) is 19.3 Å². The summed E-state index contributed by atoms with van der Waals surface area (Å²) < 4.78 is 10.9. The Morgan fingerprint density at radius 3 is 2.59 bits per heavy atom.